The van der Waals surface area contributed by atoms with Crippen LogP contribution in [0.2, 0.25) is 0 Å². The maximum Gasteiger partial charge on any atom is 0.417 e. The van der Waals surface area contributed by atoms with Crippen molar-refractivity contribution in [3.63, 3.8) is 0 Å². The van der Waals surface area contributed by atoms with Gasteiger partial charge in [-0.1, -0.05) is 0 Å². The first-order valence-electron chi connectivity index (χ1n) is 5.59. The summed E-state index contributed by atoms with van der Waals surface area (Å²) in [5.41, 5.74) is 0.601. The molecular formula is C14H13NO4. The van der Waals surface area contributed by atoms with Crippen molar-refractivity contribution in [1.29, 1.82) is 0 Å². The topological polar surface area (TPSA) is 67.8 Å². The van der Waals surface area contributed by atoms with E-state index >= 15 is 0 Å². The van der Waals surface area contributed by atoms with Gasteiger partial charge in [0.2, 0.25) is 0 Å². The van der Waals surface area contributed by atoms with E-state index in [0.29, 0.717) is 17.2 Å². The molecule has 0 unspecified atom stereocenters. The van der Waals surface area contributed by atoms with Crippen molar-refractivity contribution in [2.24, 2.45) is 0 Å². The number of carbonyl (C=O) groups excluding carboxylic acids is 1. The Labute approximate surface area is 110 Å². The van der Waals surface area contributed by atoms with Gasteiger partial charge in [-0.3, -0.25) is 5.32 Å². The molecule has 0 spiro atoms. The van der Waals surface area contributed by atoms with E-state index in [2.05, 4.69) is 5.32 Å². The zero-order valence-electron chi connectivity index (χ0n) is 10.3. The van der Waals surface area contributed by atoms with Crippen molar-refractivity contribution in [2.45, 2.75) is 0 Å². The van der Waals surface area contributed by atoms with Crippen LogP contribution >= 0.6 is 0 Å². The van der Waals surface area contributed by atoms with Crippen molar-refractivity contribution in [3.8, 4) is 17.2 Å². The molecule has 0 atom stereocenters. The van der Waals surface area contributed by atoms with Gasteiger partial charge >= 0.3 is 6.09 Å². The maximum atomic E-state index is 11.6. The highest BCUT2D eigenvalue weighted by Gasteiger charge is 2.05. The third-order valence-electron chi connectivity index (χ3n) is 2.38. The highest BCUT2D eigenvalue weighted by Crippen LogP contribution is 2.18. The molecule has 2 rings (SSSR count). The van der Waals surface area contributed by atoms with Crippen LogP contribution in [0.1, 0.15) is 0 Å². The number of benzene rings is 2. The Hall–Kier alpha value is -2.69. The summed E-state index contributed by atoms with van der Waals surface area (Å²) in [5.74, 6) is 1.17. The lowest BCUT2D eigenvalue weighted by Gasteiger charge is -2.07. The number of hydrogen-bond donors (Lipinski definition) is 2. The molecule has 1 amide bonds. The van der Waals surface area contributed by atoms with Crippen molar-refractivity contribution >= 4 is 11.8 Å². The lowest BCUT2D eigenvalue weighted by Crippen LogP contribution is -2.16. The van der Waals surface area contributed by atoms with E-state index in [1.807, 2.05) is 0 Å². The first kappa shape index (κ1) is 12.8. The summed E-state index contributed by atoms with van der Waals surface area (Å²) in [4.78, 5) is 11.6. The molecule has 0 fully saturated rings. The van der Waals surface area contributed by atoms with E-state index in [1.165, 1.54) is 24.3 Å². The maximum absolute atomic E-state index is 11.6. The second-order valence-corrected chi connectivity index (χ2v) is 3.74. The van der Waals surface area contributed by atoms with Crippen molar-refractivity contribution < 1.29 is 19.4 Å². The van der Waals surface area contributed by atoms with Gasteiger partial charge in [-0.25, -0.2) is 4.79 Å². The van der Waals surface area contributed by atoms with Crippen LogP contribution in [0.25, 0.3) is 0 Å². The molecule has 2 aromatic rings. The predicted molar refractivity (Wildman–Crippen MR) is 70.7 cm³/mol. The van der Waals surface area contributed by atoms with Crippen LogP contribution in [-0.2, 0) is 0 Å². The number of methoxy groups -OCH3 is 1. The van der Waals surface area contributed by atoms with Crippen LogP contribution in [0.3, 0.4) is 0 Å². The normalized spacial score (nSPS) is 9.74. The number of nitrogens with one attached hydrogen (secondary N) is 1. The zero-order chi connectivity index (χ0) is 13.7. The van der Waals surface area contributed by atoms with Gasteiger partial charge in [-0.15, -0.1) is 0 Å². The third-order valence-corrected chi connectivity index (χ3v) is 2.38. The van der Waals surface area contributed by atoms with Crippen molar-refractivity contribution in [2.75, 3.05) is 12.4 Å². The minimum Gasteiger partial charge on any atom is -0.508 e. The fraction of sp³-hybridized carbons (Fsp3) is 0.0714. The average molecular weight is 259 g/mol. The molecule has 0 saturated carbocycles. The molecule has 0 radical (unpaired) electrons. The quantitative estimate of drug-likeness (QED) is 0.889. The van der Waals surface area contributed by atoms with Crippen LogP contribution in [-0.4, -0.2) is 18.3 Å². The Kier molecular flexibility index (Phi) is 3.87. The van der Waals surface area contributed by atoms with Crippen LogP contribution < -0.4 is 14.8 Å². The van der Waals surface area contributed by atoms with Gasteiger partial charge in [0.05, 0.1) is 7.11 Å². The second kappa shape index (κ2) is 5.77. The Balaban J connectivity index is 1.95. The SMILES string of the molecule is COc1ccc(NC(=O)Oc2ccc(O)cc2)cc1. The lowest BCUT2D eigenvalue weighted by atomic mass is 10.3. The van der Waals surface area contributed by atoms with Crippen LogP contribution in [0.5, 0.6) is 17.2 Å². The molecule has 0 bridgehead atoms. The largest absolute Gasteiger partial charge is 0.508 e. The molecule has 0 aliphatic heterocycles. The smallest absolute Gasteiger partial charge is 0.417 e. The van der Waals surface area contributed by atoms with Gasteiger partial charge in [-0.05, 0) is 48.5 Å². The number of rotatable bonds is 3. The number of phenols is 1. The van der Waals surface area contributed by atoms with E-state index < -0.39 is 6.09 Å². The molecule has 2 aromatic carbocycles. The Bertz CT molecular complexity index is 549. The van der Waals surface area contributed by atoms with Gasteiger partial charge in [0.1, 0.15) is 17.2 Å². The summed E-state index contributed by atoms with van der Waals surface area (Å²) in [5, 5.41) is 11.7. The molecule has 0 saturated heterocycles. The highest BCUT2D eigenvalue weighted by molar-refractivity contribution is 5.86. The molecule has 2 N–H and O–H groups in total. The first-order chi connectivity index (χ1) is 9.17. The van der Waals surface area contributed by atoms with E-state index in [0.717, 1.165) is 0 Å². The average Bonchev–Trinajstić information content (AvgIpc) is 2.42. The minimum atomic E-state index is -0.601. The van der Waals surface area contributed by atoms with E-state index in [9.17, 15) is 4.79 Å². The second-order valence-electron chi connectivity index (χ2n) is 3.74. The Morgan fingerprint density at radius 3 is 2.16 bits per heavy atom. The van der Waals surface area contributed by atoms with E-state index in [1.54, 1.807) is 31.4 Å². The zero-order valence-corrected chi connectivity index (χ0v) is 10.3. The highest BCUT2D eigenvalue weighted by atomic mass is 16.6. The Morgan fingerprint density at radius 2 is 1.58 bits per heavy atom. The van der Waals surface area contributed by atoms with Crippen LogP contribution in [0.15, 0.2) is 48.5 Å². The van der Waals surface area contributed by atoms with Gasteiger partial charge in [0, 0.05) is 5.69 Å². The lowest BCUT2D eigenvalue weighted by molar-refractivity contribution is 0.215. The summed E-state index contributed by atoms with van der Waals surface area (Å²) in [6.45, 7) is 0. The van der Waals surface area contributed by atoms with Crippen LogP contribution in [0, 0.1) is 0 Å². The van der Waals surface area contributed by atoms with Gasteiger partial charge in [0.25, 0.3) is 0 Å². The van der Waals surface area contributed by atoms with E-state index in [4.69, 9.17) is 14.6 Å². The molecule has 19 heavy (non-hydrogen) atoms. The molecule has 98 valence electrons. The molecule has 0 aliphatic rings. The third kappa shape index (κ3) is 3.64. The Morgan fingerprint density at radius 1 is 1.00 bits per heavy atom. The molecule has 0 aliphatic carbocycles. The number of phenolic OH excluding ortho intramolecular Hbond substituents is 1. The standard InChI is InChI=1S/C14H13NO4/c1-18-12-6-2-10(3-7-12)15-14(17)19-13-8-4-11(16)5-9-13/h2-9,16H,1H3,(H,15,17). The van der Waals surface area contributed by atoms with E-state index in [-0.39, 0.29) is 5.75 Å². The molecular weight excluding hydrogens is 246 g/mol. The van der Waals surface area contributed by atoms with Gasteiger partial charge in [0.15, 0.2) is 0 Å². The summed E-state index contributed by atoms with van der Waals surface area (Å²) < 4.78 is 10.1. The van der Waals surface area contributed by atoms with Crippen molar-refractivity contribution in [3.05, 3.63) is 48.5 Å². The minimum absolute atomic E-state index is 0.114. The fourth-order valence-electron chi connectivity index (χ4n) is 1.44. The summed E-state index contributed by atoms with van der Waals surface area (Å²) in [7, 11) is 1.57. The monoisotopic (exact) mass is 259 g/mol. The summed E-state index contributed by atoms with van der Waals surface area (Å²) in [6, 6.07) is 12.8. The van der Waals surface area contributed by atoms with Gasteiger partial charge < -0.3 is 14.6 Å². The molecule has 0 heterocycles. The predicted octanol–water partition coefficient (Wildman–Crippen LogP) is 3.01. The summed E-state index contributed by atoms with van der Waals surface area (Å²) >= 11 is 0. The molecule has 0 aromatic heterocycles. The number of aromatic hydroxyl groups is 1. The summed E-state index contributed by atoms with van der Waals surface area (Å²) in [6.07, 6.45) is -0.601. The molecule has 5 heteroatoms. The number of anilines is 1. The van der Waals surface area contributed by atoms with Crippen LogP contribution in [0.4, 0.5) is 10.5 Å². The first-order valence-corrected chi connectivity index (χ1v) is 5.59. The fourth-order valence-corrected chi connectivity index (χ4v) is 1.44. The number of ether oxygens (including phenoxy) is 2. The van der Waals surface area contributed by atoms with Gasteiger partial charge in [-0.2, -0.15) is 0 Å². The molecule has 5 nitrogen and oxygen atoms in total. The van der Waals surface area contributed by atoms with Crippen molar-refractivity contribution in [1.82, 2.24) is 0 Å². The number of hydrogen-bond acceptors (Lipinski definition) is 4. The number of amides is 1. The number of carbonyl (C=O) groups is 1.